The molecule has 0 bridgehead atoms. The maximum atomic E-state index is 12.2. The van der Waals surface area contributed by atoms with Gasteiger partial charge in [0, 0.05) is 31.7 Å². The molecule has 98 valence electrons. The summed E-state index contributed by atoms with van der Waals surface area (Å²) in [5.41, 5.74) is 5.26. The Morgan fingerprint density at radius 2 is 1.94 bits per heavy atom. The lowest BCUT2D eigenvalue weighted by atomic mass is 9.79. The van der Waals surface area contributed by atoms with E-state index in [1.54, 1.807) is 0 Å². The van der Waals surface area contributed by atoms with Crippen LogP contribution in [-0.2, 0) is 9.53 Å². The predicted molar refractivity (Wildman–Crippen MR) is 63.3 cm³/mol. The Morgan fingerprint density at radius 3 is 2.41 bits per heavy atom. The molecule has 2 fully saturated rings. The highest BCUT2D eigenvalue weighted by Gasteiger charge is 2.44. The molecule has 4 N–H and O–H groups in total. The zero-order chi connectivity index (χ0) is 12.4. The van der Waals surface area contributed by atoms with Crippen LogP contribution in [0.25, 0.3) is 0 Å². The molecule has 0 unspecified atom stereocenters. The van der Waals surface area contributed by atoms with Crippen molar-refractivity contribution in [2.24, 2.45) is 16.6 Å². The number of aliphatic hydroxyl groups excluding tert-OH is 1. The molecule has 0 aromatic carbocycles. The number of rotatable bonds is 5. The van der Waals surface area contributed by atoms with Gasteiger partial charge in [-0.25, -0.2) is 0 Å². The van der Waals surface area contributed by atoms with Gasteiger partial charge in [-0.05, 0) is 25.7 Å². The van der Waals surface area contributed by atoms with Gasteiger partial charge in [-0.2, -0.15) is 0 Å². The second-order valence-corrected chi connectivity index (χ2v) is 5.44. The van der Waals surface area contributed by atoms with Gasteiger partial charge < -0.3 is 20.9 Å². The number of carbonyl (C=O) groups excluding carboxylic acids is 1. The number of ether oxygens (including phenoxy) is 1. The summed E-state index contributed by atoms with van der Waals surface area (Å²) in [6, 6.07) is 0. The van der Waals surface area contributed by atoms with E-state index in [1.165, 1.54) is 0 Å². The summed E-state index contributed by atoms with van der Waals surface area (Å²) >= 11 is 0. The molecular weight excluding hydrogens is 220 g/mol. The van der Waals surface area contributed by atoms with E-state index in [-0.39, 0.29) is 17.9 Å². The van der Waals surface area contributed by atoms with Crippen molar-refractivity contribution >= 4 is 5.91 Å². The van der Waals surface area contributed by atoms with E-state index >= 15 is 0 Å². The summed E-state index contributed by atoms with van der Waals surface area (Å²) < 4.78 is 5.28. The first-order valence-corrected chi connectivity index (χ1v) is 6.33. The first kappa shape index (κ1) is 12.8. The minimum atomic E-state index is -0.455. The van der Waals surface area contributed by atoms with Crippen LogP contribution in [0.3, 0.4) is 0 Å². The molecular formula is C12H22N2O3. The van der Waals surface area contributed by atoms with Crippen molar-refractivity contribution in [3.8, 4) is 0 Å². The Balaban J connectivity index is 1.88. The zero-order valence-corrected chi connectivity index (χ0v) is 10.2. The summed E-state index contributed by atoms with van der Waals surface area (Å²) in [6.45, 7) is 2.32. The van der Waals surface area contributed by atoms with Crippen molar-refractivity contribution in [3.05, 3.63) is 0 Å². The number of hydrogen-bond donors (Lipinski definition) is 3. The van der Waals surface area contributed by atoms with Crippen LogP contribution in [0.15, 0.2) is 0 Å². The third-order valence-corrected chi connectivity index (χ3v) is 4.24. The Kier molecular flexibility index (Phi) is 3.70. The standard InChI is InChI=1S/C12H22N2O3/c13-7-12(3-5-17-6-4-12)10(16)14-8-11(9-15)1-2-11/h15H,1-9,13H2,(H,14,16). The highest BCUT2D eigenvalue weighted by molar-refractivity contribution is 5.83. The molecule has 0 radical (unpaired) electrons. The molecule has 5 heteroatoms. The SMILES string of the molecule is NCC1(C(=O)NCC2(CO)CC2)CCOCC1. The lowest BCUT2D eigenvalue weighted by Crippen LogP contribution is -2.50. The van der Waals surface area contributed by atoms with Crippen LogP contribution in [0, 0.1) is 10.8 Å². The largest absolute Gasteiger partial charge is 0.396 e. The van der Waals surface area contributed by atoms with Gasteiger partial charge in [0.1, 0.15) is 0 Å². The van der Waals surface area contributed by atoms with Crippen LogP contribution < -0.4 is 11.1 Å². The van der Waals surface area contributed by atoms with Gasteiger partial charge in [0.25, 0.3) is 0 Å². The average molecular weight is 242 g/mol. The van der Waals surface area contributed by atoms with E-state index in [2.05, 4.69) is 5.32 Å². The van der Waals surface area contributed by atoms with Gasteiger partial charge >= 0.3 is 0 Å². The smallest absolute Gasteiger partial charge is 0.227 e. The molecule has 17 heavy (non-hydrogen) atoms. The fourth-order valence-corrected chi connectivity index (χ4v) is 2.31. The van der Waals surface area contributed by atoms with E-state index in [4.69, 9.17) is 10.5 Å². The fourth-order valence-electron chi connectivity index (χ4n) is 2.31. The van der Waals surface area contributed by atoms with E-state index in [9.17, 15) is 9.90 Å². The average Bonchev–Trinajstić information content (AvgIpc) is 3.17. The van der Waals surface area contributed by atoms with E-state index < -0.39 is 5.41 Å². The third-order valence-electron chi connectivity index (χ3n) is 4.24. The monoisotopic (exact) mass is 242 g/mol. The quantitative estimate of drug-likeness (QED) is 0.614. The van der Waals surface area contributed by atoms with Gasteiger partial charge in [0.05, 0.1) is 12.0 Å². The number of carbonyl (C=O) groups is 1. The molecule has 2 rings (SSSR count). The molecule has 5 nitrogen and oxygen atoms in total. The maximum Gasteiger partial charge on any atom is 0.227 e. The van der Waals surface area contributed by atoms with Crippen molar-refractivity contribution in [2.45, 2.75) is 25.7 Å². The van der Waals surface area contributed by atoms with Crippen LogP contribution in [-0.4, -0.2) is 43.9 Å². The van der Waals surface area contributed by atoms with Crippen LogP contribution in [0.5, 0.6) is 0 Å². The van der Waals surface area contributed by atoms with Crippen LogP contribution >= 0.6 is 0 Å². The van der Waals surface area contributed by atoms with Gasteiger partial charge in [-0.1, -0.05) is 0 Å². The first-order chi connectivity index (χ1) is 8.16. The molecule has 2 aliphatic rings. The van der Waals surface area contributed by atoms with Gasteiger partial charge in [-0.3, -0.25) is 4.79 Å². The zero-order valence-electron chi connectivity index (χ0n) is 10.2. The summed E-state index contributed by atoms with van der Waals surface area (Å²) in [5, 5.41) is 12.2. The molecule has 1 aliphatic carbocycles. The van der Waals surface area contributed by atoms with Gasteiger partial charge in [0.15, 0.2) is 0 Å². The van der Waals surface area contributed by atoms with Crippen molar-refractivity contribution in [3.63, 3.8) is 0 Å². The number of amides is 1. The van der Waals surface area contributed by atoms with E-state index in [0.717, 1.165) is 12.8 Å². The summed E-state index contributed by atoms with van der Waals surface area (Å²) in [7, 11) is 0. The molecule has 0 spiro atoms. The summed E-state index contributed by atoms with van der Waals surface area (Å²) in [5.74, 6) is 0.0306. The molecule has 0 atom stereocenters. The number of nitrogens with one attached hydrogen (secondary N) is 1. The second-order valence-electron chi connectivity index (χ2n) is 5.44. The van der Waals surface area contributed by atoms with Crippen molar-refractivity contribution < 1.29 is 14.6 Å². The lowest BCUT2D eigenvalue weighted by molar-refractivity contribution is -0.136. The van der Waals surface area contributed by atoms with E-state index in [1.807, 2.05) is 0 Å². The Labute approximate surface area is 102 Å². The molecule has 1 aliphatic heterocycles. The fraction of sp³-hybridized carbons (Fsp3) is 0.917. The molecule has 0 aromatic heterocycles. The number of nitrogens with two attached hydrogens (primary N) is 1. The Hall–Kier alpha value is -0.650. The lowest BCUT2D eigenvalue weighted by Gasteiger charge is -2.35. The van der Waals surface area contributed by atoms with E-state index in [0.29, 0.717) is 39.1 Å². The highest BCUT2D eigenvalue weighted by Crippen LogP contribution is 2.44. The van der Waals surface area contributed by atoms with Crippen LogP contribution in [0.2, 0.25) is 0 Å². The van der Waals surface area contributed by atoms with Crippen molar-refractivity contribution in [1.82, 2.24) is 5.32 Å². The second kappa shape index (κ2) is 4.92. The van der Waals surface area contributed by atoms with Gasteiger partial charge in [-0.15, -0.1) is 0 Å². The molecule has 1 heterocycles. The Morgan fingerprint density at radius 1 is 1.29 bits per heavy atom. The topological polar surface area (TPSA) is 84.6 Å². The minimum Gasteiger partial charge on any atom is -0.396 e. The third kappa shape index (κ3) is 2.61. The predicted octanol–water partition coefficient (Wildman–Crippen LogP) is -0.369. The molecule has 1 saturated carbocycles. The van der Waals surface area contributed by atoms with Crippen LogP contribution in [0.1, 0.15) is 25.7 Å². The Bertz CT molecular complexity index is 283. The number of aliphatic hydroxyl groups is 1. The van der Waals surface area contributed by atoms with Gasteiger partial charge in [0.2, 0.25) is 5.91 Å². The normalized spacial score (nSPS) is 25.3. The number of hydrogen-bond acceptors (Lipinski definition) is 4. The highest BCUT2D eigenvalue weighted by atomic mass is 16.5. The minimum absolute atomic E-state index is 0.0306. The van der Waals surface area contributed by atoms with Crippen molar-refractivity contribution in [1.29, 1.82) is 0 Å². The first-order valence-electron chi connectivity index (χ1n) is 6.33. The summed E-state index contributed by atoms with van der Waals surface area (Å²) in [6.07, 6.45) is 3.40. The summed E-state index contributed by atoms with van der Waals surface area (Å²) in [4.78, 5) is 12.2. The molecule has 1 amide bonds. The molecule has 1 saturated heterocycles. The maximum absolute atomic E-state index is 12.2. The van der Waals surface area contributed by atoms with Crippen LogP contribution in [0.4, 0.5) is 0 Å². The van der Waals surface area contributed by atoms with Crippen molar-refractivity contribution in [2.75, 3.05) is 32.9 Å². The molecule has 0 aromatic rings.